The Morgan fingerprint density at radius 3 is 0.935 bits per heavy atom. The molecule has 0 fully saturated rings. The zero-order valence-corrected chi connectivity index (χ0v) is 30.3. The molecule has 0 radical (unpaired) electrons. The van der Waals surface area contributed by atoms with Crippen molar-refractivity contribution in [2.75, 3.05) is 79.3 Å². The van der Waals surface area contributed by atoms with E-state index in [1.165, 1.54) is 0 Å². The minimum Gasteiger partial charge on any atom is -0.394 e. The molecule has 0 aromatic heterocycles. The lowest BCUT2D eigenvalue weighted by Gasteiger charge is -2.23. The number of rotatable bonds is 32. The Morgan fingerprint density at radius 2 is 0.587 bits per heavy atom. The largest absolute Gasteiger partial charge is 0.394 e. The van der Waals surface area contributed by atoms with E-state index >= 15 is 0 Å². The van der Waals surface area contributed by atoms with Crippen molar-refractivity contribution in [1.29, 1.82) is 0 Å². The smallest absolute Gasteiger partial charge is 0.101 e. The van der Waals surface area contributed by atoms with Crippen LogP contribution in [0.3, 0.4) is 0 Å². The monoisotopic (exact) mass is 672 g/mol. The molecule has 0 aliphatic rings. The van der Waals surface area contributed by atoms with Crippen molar-refractivity contribution in [3.63, 3.8) is 0 Å². The highest BCUT2D eigenvalue weighted by atomic mass is 16.6. The van der Waals surface area contributed by atoms with Gasteiger partial charge in [0.15, 0.2) is 0 Å². The van der Waals surface area contributed by atoms with Crippen LogP contribution in [0.15, 0.2) is 0 Å². The first-order valence-corrected chi connectivity index (χ1v) is 16.8. The summed E-state index contributed by atoms with van der Waals surface area (Å²) >= 11 is 0. The molecule has 11 unspecified atom stereocenters. The topological polar surface area (TPSA) is 153 Å². The van der Waals surface area contributed by atoms with Gasteiger partial charge in [-0.3, -0.25) is 0 Å². The molecule has 0 heterocycles. The second kappa shape index (κ2) is 28.3. The summed E-state index contributed by atoms with van der Waals surface area (Å²) in [6.07, 6.45) is -2.23. The van der Waals surface area contributed by atoms with Crippen LogP contribution in [0.5, 0.6) is 0 Å². The number of hydrogen-bond acceptors (Lipinski definition) is 13. The highest BCUT2D eigenvalue weighted by Gasteiger charge is 2.16. The molecule has 0 saturated heterocycles. The summed E-state index contributed by atoms with van der Waals surface area (Å²) in [5.41, 5.74) is 0. The fourth-order valence-electron chi connectivity index (χ4n) is 4.20. The normalized spacial score (nSPS) is 19.5. The van der Waals surface area contributed by atoms with Crippen LogP contribution < -0.4 is 0 Å². The van der Waals surface area contributed by atoms with Gasteiger partial charge in [0.1, 0.15) is 6.10 Å². The van der Waals surface area contributed by atoms with Crippen LogP contribution in [0, 0.1) is 0 Å². The van der Waals surface area contributed by atoms with Gasteiger partial charge in [0.2, 0.25) is 0 Å². The molecule has 0 spiro atoms. The first-order chi connectivity index (χ1) is 21.7. The Balaban J connectivity index is 3.87. The summed E-state index contributed by atoms with van der Waals surface area (Å²) in [6.45, 7) is 22.5. The van der Waals surface area contributed by atoms with Crippen molar-refractivity contribution in [3.8, 4) is 0 Å². The maximum Gasteiger partial charge on any atom is 0.101 e. The van der Waals surface area contributed by atoms with Gasteiger partial charge in [0, 0.05) is 0 Å². The first-order valence-electron chi connectivity index (χ1n) is 16.8. The van der Waals surface area contributed by atoms with Gasteiger partial charge >= 0.3 is 0 Å². The van der Waals surface area contributed by atoms with Crippen molar-refractivity contribution < 1.29 is 62.7 Å². The standard InChI is InChI=1S/C33H68O13/c1-23(11-34)43-27(5)15-38-18-30(8)45-29(7)17-37-13-26(4)42-22-33(36)21-40-14-25(3)41-20-32(10)46-31(9)19-39-16-28(6)44-24(2)12-35/h23-36H,11-22H2,1-10H3. The third kappa shape index (κ3) is 27.4. The van der Waals surface area contributed by atoms with E-state index < -0.39 is 6.10 Å². The fourth-order valence-corrected chi connectivity index (χ4v) is 4.20. The zero-order valence-electron chi connectivity index (χ0n) is 30.3. The average molecular weight is 673 g/mol. The van der Waals surface area contributed by atoms with Crippen LogP contribution in [-0.4, -0.2) is 162 Å². The molecule has 0 aliphatic heterocycles. The van der Waals surface area contributed by atoms with E-state index in [4.69, 9.17) is 57.6 Å². The van der Waals surface area contributed by atoms with Gasteiger partial charge in [-0.1, -0.05) is 0 Å². The molecule has 3 N–H and O–H groups in total. The fraction of sp³-hybridized carbons (Fsp3) is 1.00. The van der Waals surface area contributed by atoms with E-state index in [9.17, 15) is 5.11 Å². The summed E-state index contributed by atoms with van der Waals surface area (Å²) < 4.78 is 57.1. The summed E-state index contributed by atoms with van der Waals surface area (Å²) in [6, 6.07) is 0. The van der Waals surface area contributed by atoms with Gasteiger partial charge in [0.25, 0.3) is 0 Å². The molecule has 0 aromatic carbocycles. The first kappa shape index (κ1) is 45.5. The molecule has 0 rings (SSSR count). The molecule has 13 heteroatoms. The SMILES string of the molecule is CC(COCC(C)OC(C)COCC(C)OC(C)CO)OCC(O)COCC(C)OCC(C)OC(C)COCC(C)OC(C)CO. The Bertz CT molecular complexity index is 675. The number of hydrogen-bond donors (Lipinski definition) is 3. The van der Waals surface area contributed by atoms with Gasteiger partial charge in [-0.15, -0.1) is 0 Å². The number of aliphatic hydroxyl groups is 3. The molecule has 0 aliphatic carbocycles. The lowest BCUT2D eigenvalue weighted by Crippen LogP contribution is -2.31. The Kier molecular flexibility index (Phi) is 28.0. The van der Waals surface area contributed by atoms with Gasteiger partial charge < -0.3 is 62.7 Å². The predicted molar refractivity (Wildman–Crippen MR) is 174 cm³/mol. The molecular formula is C33H68O13. The van der Waals surface area contributed by atoms with Crippen molar-refractivity contribution >= 4 is 0 Å². The van der Waals surface area contributed by atoms with Gasteiger partial charge in [-0.05, 0) is 69.2 Å². The number of ether oxygens (including phenoxy) is 10. The molecule has 11 atom stereocenters. The van der Waals surface area contributed by atoms with Gasteiger partial charge in [-0.25, -0.2) is 0 Å². The van der Waals surface area contributed by atoms with E-state index in [1.54, 1.807) is 0 Å². The molecule has 46 heavy (non-hydrogen) atoms. The quantitative estimate of drug-likeness (QED) is 0.0960. The molecule has 0 amide bonds. The Labute approximate surface area is 278 Å². The Morgan fingerprint density at radius 1 is 0.326 bits per heavy atom. The molecule has 278 valence electrons. The van der Waals surface area contributed by atoms with Crippen molar-refractivity contribution in [1.82, 2.24) is 0 Å². The summed E-state index contributed by atoms with van der Waals surface area (Å²) in [5, 5.41) is 28.3. The second-order valence-corrected chi connectivity index (χ2v) is 12.5. The lowest BCUT2D eigenvalue weighted by molar-refractivity contribution is -0.112. The molecule has 0 aromatic rings. The lowest BCUT2D eigenvalue weighted by atomic mass is 10.3. The predicted octanol–water partition coefficient (Wildman–Crippen LogP) is 2.38. The van der Waals surface area contributed by atoms with Crippen LogP contribution >= 0.6 is 0 Å². The average Bonchev–Trinajstić information content (AvgIpc) is 2.98. The van der Waals surface area contributed by atoms with E-state index in [1.807, 2.05) is 69.2 Å². The maximum atomic E-state index is 10.2. The van der Waals surface area contributed by atoms with Crippen LogP contribution in [-0.2, 0) is 47.4 Å². The van der Waals surface area contributed by atoms with Crippen LogP contribution in [0.1, 0.15) is 69.2 Å². The zero-order chi connectivity index (χ0) is 34.9. The maximum absolute atomic E-state index is 10.2. The van der Waals surface area contributed by atoms with Crippen LogP contribution in [0.2, 0.25) is 0 Å². The minimum absolute atomic E-state index is 0.0181. The van der Waals surface area contributed by atoms with Crippen molar-refractivity contribution in [3.05, 3.63) is 0 Å². The third-order valence-electron chi connectivity index (χ3n) is 6.34. The van der Waals surface area contributed by atoms with Crippen molar-refractivity contribution in [2.45, 2.75) is 136 Å². The summed E-state index contributed by atoms with van der Waals surface area (Å²) in [7, 11) is 0. The Hall–Kier alpha value is -0.520. The second-order valence-electron chi connectivity index (χ2n) is 12.5. The molecule has 0 bridgehead atoms. The summed E-state index contributed by atoms with van der Waals surface area (Å²) in [5.74, 6) is 0. The van der Waals surface area contributed by atoms with Crippen molar-refractivity contribution in [2.24, 2.45) is 0 Å². The van der Waals surface area contributed by atoms with E-state index in [2.05, 4.69) is 0 Å². The molecule has 0 saturated carbocycles. The van der Waals surface area contributed by atoms with E-state index in [-0.39, 0.29) is 87.5 Å². The van der Waals surface area contributed by atoms with E-state index in [0.29, 0.717) is 52.9 Å². The number of aliphatic hydroxyl groups excluding tert-OH is 3. The van der Waals surface area contributed by atoms with Crippen LogP contribution in [0.25, 0.3) is 0 Å². The molecule has 13 nitrogen and oxygen atoms in total. The van der Waals surface area contributed by atoms with Gasteiger partial charge in [0.05, 0.1) is 140 Å². The highest BCUT2D eigenvalue weighted by molar-refractivity contribution is 4.61. The minimum atomic E-state index is -0.763. The van der Waals surface area contributed by atoms with Gasteiger partial charge in [-0.2, -0.15) is 0 Å². The third-order valence-corrected chi connectivity index (χ3v) is 6.34. The summed E-state index contributed by atoms with van der Waals surface area (Å²) in [4.78, 5) is 0. The highest BCUT2D eigenvalue weighted by Crippen LogP contribution is 2.06. The van der Waals surface area contributed by atoms with E-state index in [0.717, 1.165) is 0 Å². The van der Waals surface area contributed by atoms with Crippen LogP contribution in [0.4, 0.5) is 0 Å². The molecular weight excluding hydrogens is 604 g/mol.